The zero-order valence-corrected chi connectivity index (χ0v) is 16.4. The van der Waals surface area contributed by atoms with Gasteiger partial charge in [0.25, 0.3) is 10.1 Å². The van der Waals surface area contributed by atoms with Gasteiger partial charge in [-0.1, -0.05) is 36.7 Å². The average Bonchev–Trinajstić information content (AvgIpc) is 2.67. The Morgan fingerprint density at radius 1 is 1.11 bits per heavy atom. The van der Waals surface area contributed by atoms with Crippen LogP contribution < -0.4 is 9.80 Å². The zero-order chi connectivity index (χ0) is 19.7. The lowest BCUT2D eigenvalue weighted by Gasteiger charge is -2.32. The lowest BCUT2D eigenvalue weighted by Crippen LogP contribution is -2.27. The highest BCUT2D eigenvalue weighted by atomic mass is 35.5. The maximum absolute atomic E-state index is 12.5. The summed E-state index contributed by atoms with van der Waals surface area (Å²) in [5.41, 5.74) is 1.38. The number of aromatic nitrogens is 2. The van der Waals surface area contributed by atoms with E-state index in [1.165, 1.54) is 11.3 Å². The summed E-state index contributed by atoms with van der Waals surface area (Å²) in [7, 11) is -3.82. The normalized spacial score (nSPS) is 12.9. The minimum Gasteiger partial charge on any atom is -0.453 e. The maximum Gasteiger partial charge on any atom is 0.288 e. The summed E-state index contributed by atoms with van der Waals surface area (Å²) in [6.07, 6.45) is 1.96. The molecule has 0 spiro atoms. The van der Waals surface area contributed by atoms with Crippen LogP contribution in [-0.4, -0.2) is 24.1 Å². The molecule has 0 fully saturated rings. The van der Waals surface area contributed by atoms with Gasteiger partial charge < -0.3 is 4.74 Å². The number of nitrogens with zero attached hydrogens (tertiary/aromatic N) is 3. The minimum atomic E-state index is -3.82. The third-order valence-electron chi connectivity index (χ3n) is 4.01. The fourth-order valence-electron chi connectivity index (χ4n) is 2.89. The Morgan fingerprint density at radius 2 is 1.89 bits per heavy atom. The molecule has 1 aromatic heterocycles. The molecule has 1 aliphatic rings. The van der Waals surface area contributed by atoms with Crippen LogP contribution in [0.15, 0.2) is 54.7 Å². The molecular weight excluding hydrogens is 402 g/mol. The number of para-hydroxylation sites is 3. The third-order valence-corrected chi connectivity index (χ3v) is 5.51. The topological polar surface area (TPSA) is 81.6 Å². The van der Waals surface area contributed by atoms with Crippen molar-refractivity contribution in [2.24, 2.45) is 0 Å². The standard InChI is InChI=1S/C19H16ClN3O4S/c1-2-12-28(24,25)27-23-14-7-3-4-8-15(14)26-16-9-5-6-13(18(16)23)19-21-11-10-17(20)22-19/h3-11H,2,12H2,1H3. The molecule has 4 rings (SSSR count). The van der Waals surface area contributed by atoms with E-state index in [0.717, 1.165) is 0 Å². The molecule has 7 nitrogen and oxygen atoms in total. The summed E-state index contributed by atoms with van der Waals surface area (Å²) in [4.78, 5) is 8.50. The van der Waals surface area contributed by atoms with Crippen LogP contribution in [0.25, 0.3) is 11.4 Å². The number of ether oxygens (including phenoxy) is 1. The van der Waals surface area contributed by atoms with E-state index >= 15 is 0 Å². The maximum atomic E-state index is 12.5. The predicted octanol–water partition coefficient (Wildman–Crippen LogP) is 4.71. The third kappa shape index (κ3) is 3.54. The van der Waals surface area contributed by atoms with Gasteiger partial charge in [-0.3, -0.25) is 0 Å². The first-order valence-electron chi connectivity index (χ1n) is 8.60. The molecule has 0 bridgehead atoms. The van der Waals surface area contributed by atoms with E-state index in [4.69, 9.17) is 20.6 Å². The van der Waals surface area contributed by atoms with Crippen LogP contribution in [0.5, 0.6) is 11.5 Å². The summed E-state index contributed by atoms with van der Waals surface area (Å²) < 4.78 is 36.4. The lowest BCUT2D eigenvalue weighted by atomic mass is 10.1. The molecular formula is C19H16ClN3O4S. The zero-order valence-electron chi connectivity index (χ0n) is 14.9. The molecule has 1 aliphatic heterocycles. The fourth-order valence-corrected chi connectivity index (χ4v) is 3.98. The molecule has 0 atom stereocenters. The summed E-state index contributed by atoms with van der Waals surface area (Å²) >= 11 is 6.02. The van der Waals surface area contributed by atoms with Gasteiger partial charge in [0, 0.05) is 11.8 Å². The van der Waals surface area contributed by atoms with Crippen molar-refractivity contribution < 1.29 is 17.4 Å². The Bertz CT molecular complexity index is 1140. The van der Waals surface area contributed by atoms with Crippen LogP contribution in [-0.2, 0) is 14.4 Å². The molecule has 28 heavy (non-hydrogen) atoms. The van der Waals surface area contributed by atoms with Crippen LogP contribution in [0, 0.1) is 0 Å². The second-order valence-corrected chi connectivity index (χ2v) is 8.12. The van der Waals surface area contributed by atoms with E-state index in [9.17, 15) is 8.42 Å². The van der Waals surface area contributed by atoms with Crippen LogP contribution in [0.1, 0.15) is 13.3 Å². The van der Waals surface area contributed by atoms with Gasteiger partial charge in [-0.05, 0) is 36.8 Å². The van der Waals surface area contributed by atoms with Gasteiger partial charge in [0.1, 0.15) is 16.5 Å². The number of benzene rings is 2. The molecule has 2 heterocycles. The Kier molecular flexibility index (Phi) is 4.92. The predicted molar refractivity (Wildman–Crippen MR) is 106 cm³/mol. The highest BCUT2D eigenvalue weighted by Crippen LogP contribution is 2.50. The molecule has 0 radical (unpaired) electrons. The van der Waals surface area contributed by atoms with Crippen molar-refractivity contribution >= 4 is 33.1 Å². The van der Waals surface area contributed by atoms with Crippen LogP contribution >= 0.6 is 11.6 Å². The summed E-state index contributed by atoms with van der Waals surface area (Å²) in [5, 5.41) is 1.53. The number of hydrogen-bond acceptors (Lipinski definition) is 7. The molecule has 9 heteroatoms. The quantitative estimate of drug-likeness (QED) is 0.556. The van der Waals surface area contributed by atoms with Gasteiger partial charge in [0.05, 0.1) is 5.75 Å². The number of anilines is 2. The van der Waals surface area contributed by atoms with Crippen molar-refractivity contribution in [2.45, 2.75) is 13.3 Å². The Morgan fingerprint density at radius 3 is 2.68 bits per heavy atom. The van der Waals surface area contributed by atoms with Crippen molar-refractivity contribution in [3.63, 3.8) is 0 Å². The summed E-state index contributed by atoms with van der Waals surface area (Å²) in [6, 6.07) is 13.8. The number of fused-ring (bicyclic) bond motifs is 2. The second-order valence-electron chi connectivity index (χ2n) is 6.06. The highest BCUT2D eigenvalue weighted by molar-refractivity contribution is 7.86. The van der Waals surface area contributed by atoms with Crippen molar-refractivity contribution in [3.8, 4) is 22.9 Å². The van der Waals surface area contributed by atoms with Crippen LogP contribution in [0.2, 0.25) is 5.15 Å². The molecule has 0 N–H and O–H groups in total. The molecule has 0 amide bonds. The SMILES string of the molecule is CCCS(=O)(=O)ON1c2ccccc2Oc2cccc(-c3nccc(Cl)n3)c21. The van der Waals surface area contributed by atoms with Gasteiger partial charge in [-0.25, -0.2) is 9.97 Å². The Balaban J connectivity index is 1.92. The van der Waals surface area contributed by atoms with E-state index in [0.29, 0.717) is 40.7 Å². The first kappa shape index (κ1) is 18.7. The van der Waals surface area contributed by atoms with Crippen LogP contribution in [0.3, 0.4) is 0 Å². The molecule has 0 saturated heterocycles. The summed E-state index contributed by atoms with van der Waals surface area (Å²) in [6.45, 7) is 1.77. The molecule has 2 aromatic carbocycles. The van der Waals surface area contributed by atoms with E-state index in [-0.39, 0.29) is 10.9 Å². The monoisotopic (exact) mass is 417 g/mol. The van der Waals surface area contributed by atoms with Crippen molar-refractivity contribution in [3.05, 3.63) is 59.9 Å². The van der Waals surface area contributed by atoms with Gasteiger partial charge in [-0.15, -0.1) is 4.28 Å². The highest BCUT2D eigenvalue weighted by Gasteiger charge is 2.32. The molecule has 0 saturated carbocycles. The van der Waals surface area contributed by atoms with Crippen molar-refractivity contribution in [2.75, 3.05) is 10.8 Å². The molecule has 0 unspecified atom stereocenters. The van der Waals surface area contributed by atoms with Crippen molar-refractivity contribution in [1.82, 2.24) is 9.97 Å². The fraction of sp³-hybridized carbons (Fsp3) is 0.158. The second kappa shape index (κ2) is 7.38. The van der Waals surface area contributed by atoms with Gasteiger partial charge in [-0.2, -0.15) is 13.5 Å². The molecule has 3 aromatic rings. The Hall–Kier alpha value is -2.68. The van der Waals surface area contributed by atoms with E-state index in [2.05, 4.69) is 9.97 Å². The van der Waals surface area contributed by atoms with E-state index in [1.807, 2.05) is 0 Å². The first-order valence-corrected chi connectivity index (χ1v) is 10.6. The number of rotatable bonds is 5. The van der Waals surface area contributed by atoms with E-state index < -0.39 is 10.1 Å². The largest absolute Gasteiger partial charge is 0.453 e. The first-order chi connectivity index (χ1) is 13.5. The van der Waals surface area contributed by atoms with Gasteiger partial charge in [0.15, 0.2) is 17.3 Å². The number of hydrogen-bond donors (Lipinski definition) is 0. The van der Waals surface area contributed by atoms with Crippen molar-refractivity contribution in [1.29, 1.82) is 0 Å². The summed E-state index contributed by atoms with van der Waals surface area (Å²) in [5.74, 6) is 1.11. The average molecular weight is 418 g/mol. The smallest absolute Gasteiger partial charge is 0.288 e. The molecule has 144 valence electrons. The minimum absolute atomic E-state index is 0.113. The van der Waals surface area contributed by atoms with Gasteiger partial charge >= 0.3 is 0 Å². The van der Waals surface area contributed by atoms with Crippen LogP contribution in [0.4, 0.5) is 11.4 Å². The molecule has 0 aliphatic carbocycles. The van der Waals surface area contributed by atoms with Gasteiger partial charge in [0.2, 0.25) is 0 Å². The Labute approximate surface area is 167 Å². The number of halogens is 1. The lowest BCUT2D eigenvalue weighted by molar-refractivity contribution is 0.308. The van der Waals surface area contributed by atoms with E-state index in [1.54, 1.807) is 55.5 Å².